The van der Waals surface area contributed by atoms with Gasteiger partial charge in [0.1, 0.15) is 11.4 Å². The van der Waals surface area contributed by atoms with E-state index in [2.05, 4.69) is 205 Å². The quantitative estimate of drug-likeness (QED) is 0.234. The third-order valence-corrected chi connectivity index (χ3v) is 19.5. The highest BCUT2D eigenvalue weighted by atomic mass is 16.5. The van der Waals surface area contributed by atoms with Crippen LogP contribution in [0.15, 0.2) is 0 Å². The highest BCUT2D eigenvalue weighted by Crippen LogP contribution is 2.46. The molecule has 8 aliphatic rings. The zero-order valence-corrected chi connectivity index (χ0v) is 54.2. The third-order valence-electron chi connectivity index (χ3n) is 19.5. The van der Waals surface area contributed by atoms with Crippen LogP contribution in [0.1, 0.15) is 256 Å². The van der Waals surface area contributed by atoms with Crippen LogP contribution in [-0.4, -0.2) is 198 Å². The monoisotopic (exact) mass is 1040 g/mol. The molecule has 0 unspecified atom stereocenters. The van der Waals surface area contributed by atoms with E-state index in [4.69, 9.17) is 9.47 Å². The Kier molecular flexibility index (Phi) is 20.5. The standard InChI is InChI=1S/C17H34N2.C16H32N2O.C16H32N2.C15H30N2O/c1-15(2,3)18-13-10-17(11-14-18)9-7-8-12-19(17)16(4,5)6;1-14(2,3)17-11-8-16(9-12-17)18(15(4,5)6)10-7-13-19-16;1-14(2,3)17-12-9-16(10-13-17)8-7-11-18(16)15(4,5)6;1-13(2,3)16-9-7-15(8-10-16)17(11-12-18-15)14(4,5)6/h7-14H2,1-6H3;7-13H2,1-6H3;7-13H2,1-6H3;7-12H2,1-6H3. The van der Waals surface area contributed by atoms with Gasteiger partial charge in [-0.15, -0.1) is 0 Å². The van der Waals surface area contributed by atoms with Crippen LogP contribution in [0.2, 0.25) is 0 Å². The molecule has 436 valence electrons. The Morgan fingerprint density at radius 1 is 0.230 bits per heavy atom. The number of hydrogen-bond donors (Lipinski definition) is 0. The van der Waals surface area contributed by atoms with Crippen molar-refractivity contribution in [2.45, 2.75) is 323 Å². The molecule has 0 aromatic carbocycles. The maximum absolute atomic E-state index is 6.31. The van der Waals surface area contributed by atoms with Gasteiger partial charge >= 0.3 is 0 Å². The van der Waals surface area contributed by atoms with Crippen molar-refractivity contribution >= 4 is 0 Å². The largest absolute Gasteiger partial charge is 0.360 e. The Labute approximate surface area is 461 Å². The minimum atomic E-state index is -0.00174. The van der Waals surface area contributed by atoms with E-state index < -0.39 is 0 Å². The Hall–Kier alpha value is -0.400. The average molecular weight is 1040 g/mol. The predicted octanol–water partition coefficient (Wildman–Crippen LogP) is 13.2. The summed E-state index contributed by atoms with van der Waals surface area (Å²) in [6.07, 6.45) is 18.2. The molecule has 8 heterocycles. The summed E-state index contributed by atoms with van der Waals surface area (Å²) < 4.78 is 12.5. The molecular weight excluding hydrogens is 913 g/mol. The van der Waals surface area contributed by atoms with Crippen molar-refractivity contribution in [3.8, 4) is 0 Å². The Morgan fingerprint density at radius 2 is 0.500 bits per heavy atom. The first-order chi connectivity index (χ1) is 33.6. The molecule has 0 bridgehead atoms. The number of hydrogen-bond acceptors (Lipinski definition) is 10. The summed E-state index contributed by atoms with van der Waals surface area (Å²) in [5, 5.41) is 0. The Balaban J connectivity index is 0.000000183. The summed E-state index contributed by atoms with van der Waals surface area (Å²) in [7, 11) is 0. The highest BCUT2D eigenvalue weighted by Gasteiger charge is 2.52. The number of ether oxygens (including phenoxy) is 2. The van der Waals surface area contributed by atoms with E-state index in [0.717, 1.165) is 71.6 Å². The summed E-state index contributed by atoms with van der Waals surface area (Å²) in [5.41, 5.74) is 3.33. The lowest BCUT2D eigenvalue weighted by atomic mass is 9.75. The summed E-state index contributed by atoms with van der Waals surface area (Å²) in [4.78, 5) is 21.4. The van der Waals surface area contributed by atoms with Gasteiger partial charge in [0.15, 0.2) is 0 Å². The first kappa shape index (κ1) is 64.4. The van der Waals surface area contributed by atoms with Gasteiger partial charge in [-0.3, -0.25) is 39.2 Å². The minimum absolute atomic E-state index is 0.00174. The van der Waals surface area contributed by atoms with Gasteiger partial charge in [-0.1, -0.05) is 6.42 Å². The van der Waals surface area contributed by atoms with Gasteiger partial charge in [0.2, 0.25) is 0 Å². The van der Waals surface area contributed by atoms with Crippen molar-refractivity contribution in [1.29, 1.82) is 0 Å². The normalized spacial score (nSPS) is 26.9. The van der Waals surface area contributed by atoms with E-state index in [1.54, 1.807) is 0 Å². The molecule has 0 aromatic rings. The SMILES string of the molecule is CC(C)(C)N1CCC2(CC1)OCCCN2C(C)(C)C.CC(C)(C)N1CCC2(CC1)OCCN2C(C)(C)C.CC(C)(C)N1CCC2(CCCCN2C(C)(C)C)CC1.CC(C)(C)N1CCC2(CCCN2C(C)(C)C)CC1. The lowest BCUT2D eigenvalue weighted by Crippen LogP contribution is -2.66. The zero-order chi connectivity index (χ0) is 55.8. The van der Waals surface area contributed by atoms with Gasteiger partial charge in [-0.05, 0) is 237 Å². The average Bonchev–Trinajstić information content (AvgIpc) is 3.88. The molecule has 8 saturated heterocycles. The molecule has 8 fully saturated rings. The van der Waals surface area contributed by atoms with Crippen molar-refractivity contribution in [1.82, 2.24) is 39.2 Å². The maximum atomic E-state index is 6.31. The van der Waals surface area contributed by atoms with Crippen molar-refractivity contribution < 1.29 is 9.47 Å². The molecule has 10 heteroatoms. The number of piperidine rings is 5. The summed E-state index contributed by atoms with van der Waals surface area (Å²) in [6.45, 7) is 72.6. The number of rotatable bonds is 0. The molecule has 0 amide bonds. The fourth-order valence-corrected chi connectivity index (χ4v) is 15.5. The summed E-state index contributed by atoms with van der Waals surface area (Å²) >= 11 is 0. The second-order valence-corrected chi connectivity index (χ2v) is 32.9. The van der Waals surface area contributed by atoms with Crippen molar-refractivity contribution in [3.05, 3.63) is 0 Å². The van der Waals surface area contributed by atoms with E-state index in [1.165, 1.54) is 110 Å². The van der Waals surface area contributed by atoms with E-state index in [-0.39, 0.29) is 33.6 Å². The maximum Gasteiger partial charge on any atom is 0.124 e. The lowest BCUT2D eigenvalue weighted by molar-refractivity contribution is -0.237. The van der Waals surface area contributed by atoms with Crippen LogP contribution in [0.5, 0.6) is 0 Å². The predicted molar refractivity (Wildman–Crippen MR) is 319 cm³/mol. The first-order valence-electron chi connectivity index (χ1n) is 31.0. The van der Waals surface area contributed by atoms with Crippen molar-refractivity contribution in [2.75, 3.05) is 91.8 Å². The minimum Gasteiger partial charge on any atom is -0.360 e. The molecule has 0 aliphatic carbocycles. The van der Waals surface area contributed by atoms with Crippen LogP contribution in [0.4, 0.5) is 0 Å². The van der Waals surface area contributed by atoms with Crippen LogP contribution in [-0.2, 0) is 9.47 Å². The zero-order valence-electron chi connectivity index (χ0n) is 54.2. The van der Waals surface area contributed by atoms with E-state index >= 15 is 0 Å². The van der Waals surface area contributed by atoms with Crippen LogP contribution < -0.4 is 0 Å². The van der Waals surface area contributed by atoms with E-state index in [1.807, 2.05) is 0 Å². The van der Waals surface area contributed by atoms with Gasteiger partial charge in [-0.2, -0.15) is 0 Å². The molecular formula is C64H128N8O2. The van der Waals surface area contributed by atoms with Gasteiger partial charge in [0.25, 0.3) is 0 Å². The molecule has 0 aromatic heterocycles. The molecule has 0 atom stereocenters. The summed E-state index contributed by atoms with van der Waals surface area (Å²) in [5.74, 6) is 0. The highest BCUT2D eigenvalue weighted by molar-refractivity contribution is 5.06. The molecule has 8 aliphatic heterocycles. The van der Waals surface area contributed by atoms with Crippen molar-refractivity contribution in [3.63, 3.8) is 0 Å². The second-order valence-electron chi connectivity index (χ2n) is 32.9. The first-order valence-corrected chi connectivity index (χ1v) is 31.0. The topological polar surface area (TPSA) is 44.4 Å². The molecule has 74 heavy (non-hydrogen) atoms. The van der Waals surface area contributed by atoms with Gasteiger partial charge in [0.05, 0.1) is 13.2 Å². The molecule has 0 radical (unpaired) electrons. The fourth-order valence-electron chi connectivity index (χ4n) is 15.5. The molecule has 0 N–H and O–H groups in total. The van der Waals surface area contributed by atoms with Gasteiger partial charge in [0, 0.05) is 147 Å². The number of likely N-dealkylation sites (tertiary alicyclic amines) is 6. The smallest absolute Gasteiger partial charge is 0.124 e. The molecule has 0 saturated carbocycles. The molecule has 4 spiro atoms. The Bertz CT molecular complexity index is 1570. The van der Waals surface area contributed by atoms with Crippen LogP contribution in [0.25, 0.3) is 0 Å². The number of nitrogens with zero attached hydrogens (tertiary/aromatic N) is 8. The van der Waals surface area contributed by atoms with Gasteiger partial charge in [-0.25, -0.2) is 0 Å². The van der Waals surface area contributed by atoms with Crippen LogP contribution in [0, 0.1) is 0 Å². The third kappa shape index (κ3) is 15.9. The second kappa shape index (κ2) is 23.6. The van der Waals surface area contributed by atoms with Crippen LogP contribution in [0.3, 0.4) is 0 Å². The molecule has 8 rings (SSSR count). The van der Waals surface area contributed by atoms with E-state index in [0.29, 0.717) is 33.2 Å². The van der Waals surface area contributed by atoms with Gasteiger partial charge < -0.3 is 9.47 Å². The lowest BCUT2D eigenvalue weighted by Gasteiger charge is -2.57. The van der Waals surface area contributed by atoms with E-state index in [9.17, 15) is 0 Å². The van der Waals surface area contributed by atoms with Crippen molar-refractivity contribution in [2.24, 2.45) is 0 Å². The fraction of sp³-hybridized carbons (Fsp3) is 1.00. The Morgan fingerprint density at radius 3 is 0.824 bits per heavy atom. The van der Waals surface area contributed by atoms with Crippen LogP contribution >= 0.6 is 0 Å². The summed E-state index contributed by atoms with van der Waals surface area (Å²) in [6, 6.07) is 0. The molecule has 10 nitrogen and oxygen atoms in total.